The van der Waals surface area contributed by atoms with Crippen LogP contribution in [0.15, 0.2) is 0 Å². The third-order valence-electron chi connectivity index (χ3n) is 3.52. The van der Waals surface area contributed by atoms with Gasteiger partial charge >= 0.3 is 6.09 Å². The van der Waals surface area contributed by atoms with Crippen molar-refractivity contribution in [3.63, 3.8) is 0 Å². The third kappa shape index (κ3) is 3.85. The van der Waals surface area contributed by atoms with Crippen LogP contribution >= 0.6 is 0 Å². The number of rotatable bonds is 2. The van der Waals surface area contributed by atoms with Crippen molar-refractivity contribution < 1.29 is 14.6 Å². The molecule has 2 atom stereocenters. The molecular weight excluding hydrogens is 232 g/mol. The molecule has 0 aromatic rings. The first-order chi connectivity index (χ1) is 8.15. The molecule has 1 heterocycles. The quantitative estimate of drug-likeness (QED) is 0.694. The Balaban J connectivity index is 2.53. The maximum atomic E-state index is 11.6. The molecule has 5 nitrogen and oxygen atoms in total. The zero-order valence-electron chi connectivity index (χ0n) is 12.0. The van der Waals surface area contributed by atoms with Gasteiger partial charge in [0.15, 0.2) is 0 Å². The second-order valence-corrected chi connectivity index (χ2v) is 6.31. The van der Waals surface area contributed by atoms with Crippen LogP contribution in [0.2, 0.25) is 0 Å². The predicted molar refractivity (Wildman–Crippen MR) is 70.4 cm³/mol. The summed E-state index contributed by atoms with van der Waals surface area (Å²) in [7, 11) is 0. The molecule has 1 aliphatic rings. The zero-order valence-corrected chi connectivity index (χ0v) is 12.0. The van der Waals surface area contributed by atoms with Gasteiger partial charge in [-0.25, -0.2) is 4.79 Å². The van der Waals surface area contributed by atoms with E-state index in [4.69, 9.17) is 4.74 Å². The molecular formula is C13H26N2O3. The summed E-state index contributed by atoms with van der Waals surface area (Å²) in [6.45, 7) is 11.2. The van der Waals surface area contributed by atoms with Gasteiger partial charge in [0, 0.05) is 13.1 Å². The zero-order chi connectivity index (χ0) is 14.0. The maximum Gasteiger partial charge on any atom is 0.407 e. The Labute approximate surface area is 109 Å². The SMILES string of the molecule is CC1CNCC(C)C1(O)CNC(=O)OC(C)(C)C. The van der Waals surface area contributed by atoms with Crippen LogP contribution in [0, 0.1) is 11.8 Å². The minimum Gasteiger partial charge on any atom is -0.444 e. The molecule has 1 rings (SSSR count). The third-order valence-corrected chi connectivity index (χ3v) is 3.52. The second-order valence-electron chi connectivity index (χ2n) is 6.31. The molecule has 0 aromatic carbocycles. The normalized spacial score (nSPS) is 33.0. The number of alkyl carbamates (subject to hydrolysis) is 1. The van der Waals surface area contributed by atoms with E-state index in [2.05, 4.69) is 10.6 Å². The molecule has 2 unspecified atom stereocenters. The van der Waals surface area contributed by atoms with Crippen LogP contribution in [0.3, 0.4) is 0 Å². The standard InChI is InChI=1S/C13H26N2O3/c1-9-6-14-7-10(2)13(9,17)8-15-11(16)18-12(3,4)5/h9-10,14,17H,6-8H2,1-5H3,(H,15,16). The lowest BCUT2D eigenvalue weighted by atomic mass is 9.76. The van der Waals surface area contributed by atoms with Gasteiger partial charge in [-0.2, -0.15) is 0 Å². The van der Waals surface area contributed by atoms with Crippen molar-refractivity contribution >= 4 is 6.09 Å². The Bertz CT molecular complexity index is 289. The van der Waals surface area contributed by atoms with E-state index in [1.54, 1.807) is 0 Å². The first-order valence-corrected chi connectivity index (χ1v) is 6.55. The summed E-state index contributed by atoms with van der Waals surface area (Å²) in [6.07, 6.45) is -0.478. The van der Waals surface area contributed by atoms with Gasteiger partial charge in [0.05, 0.1) is 12.1 Å². The van der Waals surface area contributed by atoms with E-state index in [0.29, 0.717) is 0 Å². The van der Waals surface area contributed by atoms with Gasteiger partial charge in [-0.1, -0.05) is 13.8 Å². The van der Waals surface area contributed by atoms with Crippen LogP contribution in [-0.2, 0) is 4.74 Å². The summed E-state index contributed by atoms with van der Waals surface area (Å²) in [5, 5.41) is 16.6. The number of aliphatic hydroxyl groups is 1. The fourth-order valence-corrected chi connectivity index (χ4v) is 2.23. The van der Waals surface area contributed by atoms with Crippen molar-refractivity contribution in [3.8, 4) is 0 Å². The number of carbonyl (C=O) groups excluding carboxylic acids is 1. The highest BCUT2D eigenvalue weighted by Crippen LogP contribution is 2.28. The van der Waals surface area contributed by atoms with Crippen LogP contribution in [0.5, 0.6) is 0 Å². The summed E-state index contributed by atoms with van der Waals surface area (Å²) in [5.74, 6) is 0.187. The van der Waals surface area contributed by atoms with E-state index in [0.717, 1.165) is 13.1 Å². The topological polar surface area (TPSA) is 70.6 Å². The van der Waals surface area contributed by atoms with Crippen LogP contribution in [-0.4, -0.2) is 42.0 Å². The minimum atomic E-state index is -0.873. The first kappa shape index (κ1) is 15.2. The van der Waals surface area contributed by atoms with E-state index in [-0.39, 0.29) is 18.4 Å². The average Bonchev–Trinajstić information content (AvgIpc) is 2.21. The van der Waals surface area contributed by atoms with Crippen molar-refractivity contribution in [1.29, 1.82) is 0 Å². The number of ether oxygens (including phenoxy) is 1. The predicted octanol–water partition coefficient (Wildman–Crippen LogP) is 1.12. The number of hydrogen-bond acceptors (Lipinski definition) is 4. The minimum absolute atomic E-state index is 0.0937. The van der Waals surface area contributed by atoms with Crippen LogP contribution < -0.4 is 10.6 Å². The average molecular weight is 258 g/mol. The van der Waals surface area contributed by atoms with Crippen molar-refractivity contribution in [3.05, 3.63) is 0 Å². The van der Waals surface area contributed by atoms with Crippen LogP contribution in [0.25, 0.3) is 0 Å². The van der Waals surface area contributed by atoms with Crippen molar-refractivity contribution in [2.45, 2.75) is 45.8 Å². The molecule has 1 saturated heterocycles. The van der Waals surface area contributed by atoms with E-state index in [9.17, 15) is 9.90 Å². The molecule has 0 aromatic heterocycles. The maximum absolute atomic E-state index is 11.6. The fourth-order valence-electron chi connectivity index (χ4n) is 2.23. The largest absolute Gasteiger partial charge is 0.444 e. The number of nitrogens with one attached hydrogen (secondary N) is 2. The molecule has 106 valence electrons. The molecule has 0 spiro atoms. The van der Waals surface area contributed by atoms with Crippen LogP contribution in [0.1, 0.15) is 34.6 Å². The van der Waals surface area contributed by atoms with Gasteiger partial charge in [0.25, 0.3) is 0 Å². The summed E-state index contributed by atoms with van der Waals surface area (Å²) in [6, 6.07) is 0. The summed E-state index contributed by atoms with van der Waals surface area (Å²) in [5.41, 5.74) is -1.39. The molecule has 5 heteroatoms. The number of hydrogen-bond donors (Lipinski definition) is 3. The lowest BCUT2D eigenvalue weighted by Gasteiger charge is -2.43. The van der Waals surface area contributed by atoms with Crippen molar-refractivity contribution in [1.82, 2.24) is 10.6 Å². The Kier molecular flexibility index (Phi) is 4.61. The van der Waals surface area contributed by atoms with Crippen LogP contribution in [0.4, 0.5) is 4.79 Å². The highest BCUT2D eigenvalue weighted by atomic mass is 16.6. The van der Waals surface area contributed by atoms with Crippen molar-refractivity contribution in [2.75, 3.05) is 19.6 Å². The molecule has 0 radical (unpaired) electrons. The summed E-state index contributed by atoms with van der Waals surface area (Å²) >= 11 is 0. The molecule has 1 aliphatic heterocycles. The van der Waals surface area contributed by atoms with E-state index in [1.165, 1.54) is 0 Å². The Morgan fingerprint density at radius 3 is 2.33 bits per heavy atom. The van der Waals surface area contributed by atoms with Gasteiger partial charge in [0.2, 0.25) is 0 Å². The molecule has 0 bridgehead atoms. The lowest BCUT2D eigenvalue weighted by molar-refractivity contribution is -0.0723. The molecule has 1 fully saturated rings. The number of piperidine rings is 1. The fraction of sp³-hybridized carbons (Fsp3) is 0.923. The van der Waals surface area contributed by atoms with Crippen molar-refractivity contribution in [2.24, 2.45) is 11.8 Å². The van der Waals surface area contributed by atoms with E-state index in [1.807, 2.05) is 34.6 Å². The Morgan fingerprint density at radius 1 is 1.39 bits per heavy atom. The summed E-state index contributed by atoms with van der Waals surface area (Å²) in [4.78, 5) is 11.6. The molecule has 0 aliphatic carbocycles. The van der Waals surface area contributed by atoms with Gasteiger partial charge in [-0.15, -0.1) is 0 Å². The second kappa shape index (κ2) is 5.45. The molecule has 3 N–H and O–H groups in total. The molecule has 18 heavy (non-hydrogen) atoms. The molecule has 0 saturated carbocycles. The van der Waals surface area contributed by atoms with Gasteiger partial charge in [0.1, 0.15) is 5.60 Å². The smallest absolute Gasteiger partial charge is 0.407 e. The Morgan fingerprint density at radius 2 is 1.89 bits per heavy atom. The van der Waals surface area contributed by atoms with E-state index < -0.39 is 17.3 Å². The molecule has 1 amide bonds. The number of carbonyl (C=O) groups is 1. The van der Waals surface area contributed by atoms with E-state index >= 15 is 0 Å². The Hall–Kier alpha value is -0.810. The van der Waals surface area contributed by atoms with Gasteiger partial charge < -0.3 is 20.5 Å². The first-order valence-electron chi connectivity index (χ1n) is 6.55. The van der Waals surface area contributed by atoms with Gasteiger partial charge in [-0.05, 0) is 32.6 Å². The highest BCUT2D eigenvalue weighted by molar-refractivity contribution is 5.67. The number of amides is 1. The monoisotopic (exact) mass is 258 g/mol. The van der Waals surface area contributed by atoms with Gasteiger partial charge in [-0.3, -0.25) is 0 Å². The summed E-state index contributed by atoms with van der Waals surface area (Å²) < 4.78 is 5.17. The lowest BCUT2D eigenvalue weighted by Crippen LogP contribution is -2.60. The highest BCUT2D eigenvalue weighted by Gasteiger charge is 2.42.